The van der Waals surface area contributed by atoms with E-state index in [1.54, 1.807) is 0 Å². The molecular formula is C12H18BrNO3. The molecule has 5 heteroatoms. The largest absolute Gasteiger partial charge is 0.453 e. The van der Waals surface area contributed by atoms with E-state index in [4.69, 9.17) is 9.15 Å². The van der Waals surface area contributed by atoms with Crippen molar-refractivity contribution >= 4 is 15.9 Å². The van der Waals surface area contributed by atoms with Crippen LogP contribution in [0.1, 0.15) is 32.1 Å². The summed E-state index contributed by atoms with van der Waals surface area (Å²) in [7, 11) is 0. The van der Waals surface area contributed by atoms with Crippen LogP contribution in [-0.2, 0) is 4.74 Å². The Labute approximate surface area is 109 Å². The van der Waals surface area contributed by atoms with Crippen LogP contribution in [0.3, 0.4) is 0 Å². The Morgan fingerprint density at radius 2 is 2.41 bits per heavy atom. The summed E-state index contributed by atoms with van der Waals surface area (Å²) in [5, 5.41) is 13.6. The van der Waals surface area contributed by atoms with Crippen molar-refractivity contribution in [3.8, 4) is 0 Å². The first-order valence-corrected chi connectivity index (χ1v) is 6.63. The Morgan fingerprint density at radius 1 is 1.65 bits per heavy atom. The minimum absolute atomic E-state index is 0.0677. The Bertz CT molecular complexity index is 382. The number of furan rings is 1. The number of hydrogen-bond donors (Lipinski definition) is 2. The normalized spacial score (nSPS) is 30.7. The number of aliphatic hydroxyl groups is 1. The van der Waals surface area contributed by atoms with Crippen LogP contribution in [0.2, 0.25) is 0 Å². The van der Waals surface area contributed by atoms with E-state index in [1.807, 2.05) is 26.0 Å². The molecule has 0 aliphatic carbocycles. The number of nitrogens with one attached hydrogen (secondary N) is 1. The predicted octanol–water partition coefficient (Wildman–Crippen LogP) is 2.23. The van der Waals surface area contributed by atoms with Crippen LogP contribution in [0.4, 0.5) is 0 Å². The number of halogens is 1. The van der Waals surface area contributed by atoms with E-state index in [0.29, 0.717) is 19.6 Å². The van der Waals surface area contributed by atoms with Crippen molar-refractivity contribution in [1.29, 1.82) is 0 Å². The van der Waals surface area contributed by atoms with E-state index >= 15 is 0 Å². The third kappa shape index (κ3) is 2.91. The minimum Gasteiger partial charge on any atom is -0.453 e. The summed E-state index contributed by atoms with van der Waals surface area (Å²) in [6.07, 6.45) is 0.556. The van der Waals surface area contributed by atoms with Crippen LogP contribution < -0.4 is 5.32 Å². The Balaban J connectivity index is 1.90. The fraction of sp³-hybridized carbons (Fsp3) is 0.667. The molecule has 3 unspecified atom stereocenters. The Morgan fingerprint density at radius 3 is 2.94 bits per heavy atom. The van der Waals surface area contributed by atoms with Crippen molar-refractivity contribution in [1.82, 2.24) is 5.32 Å². The van der Waals surface area contributed by atoms with Crippen LogP contribution in [0.15, 0.2) is 21.2 Å². The van der Waals surface area contributed by atoms with Crippen molar-refractivity contribution in [2.45, 2.75) is 38.0 Å². The Kier molecular flexibility index (Phi) is 3.92. The molecule has 17 heavy (non-hydrogen) atoms. The first kappa shape index (κ1) is 13.1. The maximum atomic E-state index is 10.3. The molecule has 1 aromatic rings. The SMILES string of the molecule is CC(NCC1(O)CCOC1C)c1ccc(Br)o1. The standard InChI is InChI=1S/C12H18BrNO3/c1-8(10-3-4-11(13)17-10)14-7-12(15)5-6-16-9(12)2/h3-4,8-9,14-15H,5-7H2,1-2H3. The van der Waals surface area contributed by atoms with E-state index < -0.39 is 5.60 Å². The van der Waals surface area contributed by atoms with E-state index in [2.05, 4.69) is 21.2 Å². The highest BCUT2D eigenvalue weighted by molar-refractivity contribution is 9.10. The second kappa shape index (κ2) is 5.10. The molecule has 1 fully saturated rings. The lowest BCUT2D eigenvalue weighted by Gasteiger charge is -2.27. The zero-order valence-corrected chi connectivity index (χ0v) is 11.7. The highest BCUT2D eigenvalue weighted by Crippen LogP contribution is 2.26. The molecule has 0 radical (unpaired) electrons. The molecular weight excluding hydrogens is 286 g/mol. The van der Waals surface area contributed by atoms with Crippen molar-refractivity contribution in [3.05, 3.63) is 22.6 Å². The van der Waals surface area contributed by atoms with Crippen molar-refractivity contribution in [3.63, 3.8) is 0 Å². The summed E-state index contributed by atoms with van der Waals surface area (Å²) in [5.41, 5.74) is -0.766. The average molecular weight is 304 g/mol. The summed E-state index contributed by atoms with van der Waals surface area (Å²) in [6, 6.07) is 3.85. The van der Waals surface area contributed by atoms with E-state index in [0.717, 1.165) is 10.4 Å². The fourth-order valence-corrected chi connectivity index (χ4v) is 2.31. The molecule has 4 nitrogen and oxygen atoms in total. The fourth-order valence-electron chi connectivity index (χ4n) is 1.99. The first-order valence-electron chi connectivity index (χ1n) is 5.84. The zero-order valence-electron chi connectivity index (χ0n) is 10.1. The monoisotopic (exact) mass is 303 g/mol. The van der Waals surface area contributed by atoms with Crippen LogP contribution in [0.5, 0.6) is 0 Å². The second-order valence-corrected chi connectivity index (χ2v) is 5.39. The minimum atomic E-state index is -0.766. The molecule has 1 aliphatic heterocycles. The molecule has 1 saturated heterocycles. The number of hydrogen-bond acceptors (Lipinski definition) is 4. The smallest absolute Gasteiger partial charge is 0.169 e. The van der Waals surface area contributed by atoms with Crippen LogP contribution >= 0.6 is 15.9 Å². The lowest BCUT2D eigenvalue weighted by Crippen LogP contribution is -2.46. The van der Waals surface area contributed by atoms with Crippen molar-refractivity contribution < 1.29 is 14.3 Å². The van der Waals surface area contributed by atoms with Gasteiger partial charge in [-0.15, -0.1) is 0 Å². The van der Waals surface area contributed by atoms with Gasteiger partial charge in [0.25, 0.3) is 0 Å². The van der Waals surface area contributed by atoms with E-state index in [-0.39, 0.29) is 12.1 Å². The van der Waals surface area contributed by atoms with Gasteiger partial charge in [0.05, 0.1) is 12.1 Å². The van der Waals surface area contributed by atoms with Crippen molar-refractivity contribution in [2.75, 3.05) is 13.2 Å². The molecule has 0 amide bonds. The lowest BCUT2D eigenvalue weighted by molar-refractivity contribution is -0.0277. The average Bonchev–Trinajstić information content (AvgIpc) is 2.84. The second-order valence-electron chi connectivity index (χ2n) is 4.61. The Hall–Kier alpha value is -0.360. The molecule has 0 spiro atoms. The van der Waals surface area contributed by atoms with E-state index in [1.165, 1.54) is 0 Å². The van der Waals surface area contributed by atoms with Gasteiger partial charge in [0.1, 0.15) is 11.4 Å². The van der Waals surface area contributed by atoms with Crippen LogP contribution in [0.25, 0.3) is 0 Å². The highest BCUT2D eigenvalue weighted by Gasteiger charge is 2.39. The topological polar surface area (TPSA) is 54.6 Å². The van der Waals surface area contributed by atoms with Crippen LogP contribution in [-0.4, -0.2) is 30.0 Å². The summed E-state index contributed by atoms with van der Waals surface area (Å²) in [6.45, 7) is 5.05. The number of rotatable bonds is 4. The van der Waals surface area contributed by atoms with Gasteiger partial charge in [-0.3, -0.25) is 0 Å². The third-order valence-corrected chi connectivity index (χ3v) is 3.82. The van der Waals surface area contributed by atoms with Crippen LogP contribution in [0, 0.1) is 0 Å². The molecule has 1 aromatic heterocycles. The molecule has 2 N–H and O–H groups in total. The van der Waals surface area contributed by atoms with Gasteiger partial charge in [-0.2, -0.15) is 0 Å². The van der Waals surface area contributed by atoms with Crippen molar-refractivity contribution in [2.24, 2.45) is 0 Å². The van der Waals surface area contributed by atoms with Gasteiger partial charge >= 0.3 is 0 Å². The molecule has 3 atom stereocenters. The van der Waals surface area contributed by atoms with Gasteiger partial charge < -0.3 is 19.6 Å². The summed E-state index contributed by atoms with van der Waals surface area (Å²) in [4.78, 5) is 0. The van der Waals surface area contributed by atoms with Gasteiger partial charge in [0.15, 0.2) is 4.67 Å². The molecule has 0 aromatic carbocycles. The first-order chi connectivity index (χ1) is 8.01. The molecule has 1 aliphatic rings. The predicted molar refractivity (Wildman–Crippen MR) is 67.8 cm³/mol. The van der Waals surface area contributed by atoms with Gasteiger partial charge in [-0.1, -0.05) is 0 Å². The molecule has 0 bridgehead atoms. The highest BCUT2D eigenvalue weighted by atomic mass is 79.9. The molecule has 96 valence electrons. The summed E-state index contributed by atoms with van der Waals surface area (Å²) < 4.78 is 11.6. The molecule has 0 saturated carbocycles. The lowest BCUT2D eigenvalue weighted by atomic mass is 9.96. The third-order valence-electron chi connectivity index (χ3n) is 3.39. The summed E-state index contributed by atoms with van der Waals surface area (Å²) in [5.74, 6) is 0.854. The zero-order chi connectivity index (χ0) is 12.5. The molecule has 2 heterocycles. The van der Waals surface area contributed by atoms with Gasteiger partial charge in [0, 0.05) is 19.6 Å². The summed E-state index contributed by atoms with van der Waals surface area (Å²) >= 11 is 3.27. The van der Waals surface area contributed by atoms with E-state index in [9.17, 15) is 5.11 Å². The maximum Gasteiger partial charge on any atom is 0.169 e. The van der Waals surface area contributed by atoms with Gasteiger partial charge in [-0.05, 0) is 41.9 Å². The molecule has 2 rings (SSSR count). The van der Waals surface area contributed by atoms with Gasteiger partial charge in [-0.25, -0.2) is 0 Å². The quantitative estimate of drug-likeness (QED) is 0.896. The van der Waals surface area contributed by atoms with Gasteiger partial charge in [0.2, 0.25) is 0 Å². The maximum absolute atomic E-state index is 10.3. The number of ether oxygens (including phenoxy) is 1.